The average molecular weight is 320 g/mol. The number of aromatic nitrogens is 3. The molecular formula is C18H16N4O2. The molecule has 0 aliphatic heterocycles. The zero-order valence-electron chi connectivity index (χ0n) is 13.1. The molecule has 0 aliphatic rings. The first-order valence-corrected chi connectivity index (χ1v) is 7.45. The summed E-state index contributed by atoms with van der Waals surface area (Å²) in [6.07, 6.45) is 5.17. The predicted octanol–water partition coefficient (Wildman–Crippen LogP) is 3.15. The van der Waals surface area contributed by atoms with Gasteiger partial charge in [0.15, 0.2) is 0 Å². The number of rotatable bonds is 5. The van der Waals surface area contributed by atoms with E-state index in [-0.39, 0.29) is 11.9 Å². The largest absolute Gasteiger partial charge is 0.423 e. The minimum absolute atomic E-state index is 0.121. The van der Waals surface area contributed by atoms with Crippen LogP contribution in [0.2, 0.25) is 0 Å². The van der Waals surface area contributed by atoms with Crippen molar-refractivity contribution in [2.75, 3.05) is 5.32 Å². The average Bonchev–Trinajstić information content (AvgIpc) is 2.59. The number of benzene rings is 1. The molecule has 0 saturated carbocycles. The minimum Gasteiger partial charge on any atom is -0.423 e. The van der Waals surface area contributed by atoms with Gasteiger partial charge in [-0.25, -0.2) is 15.0 Å². The summed E-state index contributed by atoms with van der Waals surface area (Å²) in [5, 5.41) is 2.75. The second-order valence-corrected chi connectivity index (χ2v) is 5.23. The van der Waals surface area contributed by atoms with Gasteiger partial charge in [-0.15, -0.1) is 0 Å². The number of aryl methyl sites for hydroxylation is 1. The molecule has 0 fully saturated rings. The Hall–Kier alpha value is -3.28. The van der Waals surface area contributed by atoms with Gasteiger partial charge in [0.1, 0.15) is 11.6 Å². The van der Waals surface area contributed by atoms with Crippen LogP contribution in [0.3, 0.4) is 0 Å². The highest BCUT2D eigenvalue weighted by Gasteiger charge is 2.06. The number of ether oxygens (including phenoxy) is 1. The van der Waals surface area contributed by atoms with Crippen molar-refractivity contribution >= 4 is 11.7 Å². The van der Waals surface area contributed by atoms with E-state index in [9.17, 15) is 4.79 Å². The van der Waals surface area contributed by atoms with Crippen LogP contribution in [0.5, 0.6) is 11.8 Å². The lowest BCUT2D eigenvalue weighted by Crippen LogP contribution is -2.15. The third kappa shape index (κ3) is 4.36. The van der Waals surface area contributed by atoms with Crippen molar-refractivity contribution < 1.29 is 9.53 Å². The molecule has 1 N–H and O–H groups in total. The molecule has 24 heavy (non-hydrogen) atoms. The Bertz CT molecular complexity index is 803. The summed E-state index contributed by atoms with van der Waals surface area (Å²) in [6, 6.07) is 13.2. The summed E-state index contributed by atoms with van der Waals surface area (Å²) >= 11 is 0. The molecule has 0 atom stereocenters. The smallest absolute Gasteiger partial charge is 0.321 e. The van der Waals surface area contributed by atoms with Gasteiger partial charge in [0, 0.05) is 12.4 Å². The molecule has 0 radical (unpaired) electrons. The van der Waals surface area contributed by atoms with Gasteiger partial charge in [0.25, 0.3) is 0 Å². The molecular weight excluding hydrogens is 304 g/mol. The van der Waals surface area contributed by atoms with Crippen LogP contribution in [0.1, 0.15) is 11.1 Å². The molecule has 0 spiro atoms. The van der Waals surface area contributed by atoms with Crippen LogP contribution in [0, 0.1) is 6.92 Å². The maximum absolute atomic E-state index is 12.0. The van der Waals surface area contributed by atoms with Crippen LogP contribution in [0.4, 0.5) is 5.82 Å². The van der Waals surface area contributed by atoms with E-state index in [0.29, 0.717) is 18.0 Å². The topological polar surface area (TPSA) is 77.0 Å². The first kappa shape index (κ1) is 15.6. The van der Waals surface area contributed by atoms with E-state index in [0.717, 1.165) is 11.1 Å². The normalized spacial score (nSPS) is 10.2. The first-order chi connectivity index (χ1) is 11.7. The molecule has 1 aromatic carbocycles. The van der Waals surface area contributed by atoms with Crippen LogP contribution in [-0.4, -0.2) is 20.9 Å². The summed E-state index contributed by atoms with van der Waals surface area (Å²) in [7, 11) is 0. The van der Waals surface area contributed by atoms with Gasteiger partial charge in [-0.05, 0) is 30.2 Å². The summed E-state index contributed by atoms with van der Waals surface area (Å²) in [4.78, 5) is 24.3. The number of hydrogen-bond donors (Lipinski definition) is 1. The van der Waals surface area contributed by atoms with E-state index in [1.807, 2.05) is 37.3 Å². The number of hydrogen-bond acceptors (Lipinski definition) is 5. The van der Waals surface area contributed by atoms with E-state index in [2.05, 4.69) is 20.3 Å². The highest BCUT2D eigenvalue weighted by molar-refractivity contribution is 5.91. The van der Waals surface area contributed by atoms with Crippen molar-refractivity contribution in [2.45, 2.75) is 13.3 Å². The van der Waals surface area contributed by atoms with E-state index >= 15 is 0 Å². The summed E-state index contributed by atoms with van der Waals surface area (Å²) in [6.45, 7) is 1.90. The van der Waals surface area contributed by atoms with E-state index in [1.54, 1.807) is 24.5 Å². The quantitative estimate of drug-likeness (QED) is 0.781. The van der Waals surface area contributed by atoms with E-state index in [1.165, 1.54) is 6.20 Å². The fraction of sp³-hybridized carbons (Fsp3) is 0.111. The molecule has 120 valence electrons. The second kappa shape index (κ2) is 7.32. The van der Waals surface area contributed by atoms with Gasteiger partial charge < -0.3 is 10.1 Å². The summed E-state index contributed by atoms with van der Waals surface area (Å²) < 4.78 is 5.49. The Morgan fingerprint density at radius 2 is 1.75 bits per heavy atom. The third-order valence-corrected chi connectivity index (χ3v) is 3.18. The van der Waals surface area contributed by atoms with Crippen LogP contribution in [0.25, 0.3) is 0 Å². The lowest BCUT2D eigenvalue weighted by atomic mass is 10.1. The number of pyridine rings is 1. The molecule has 6 nitrogen and oxygen atoms in total. The number of nitrogens with zero attached hydrogens (tertiary/aromatic N) is 3. The molecule has 1 amide bonds. The molecule has 2 heterocycles. The van der Waals surface area contributed by atoms with Crippen LogP contribution in [-0.2, 0) is 11.2 Å². The molecule has 0 saturated heterocycles. The summed E-state index contributed by atoms with van der Waals surface area (Å²) in [5.74, 6) is 0.845. The molecule has 0 aliphatic carbocycles. The molecule has 0 unspecified atom stereocenters. The Kier molecular flexibility index (Phi) is 4.76. The highest BCUT2D eigenvalue weighted by Crippen LogP contribution is 2.17. The Morgan fingerprint density at radius 3 is 2.42 bits per heavy atom. The van der Waals surface area contributed by atoms with Crippen molar-refractivity contribution in [2.24, 2.45) is 0 Å². The predicted molar refractivity (Wildman–Crippen MR) is 89.9 cm³/mol. The summed E-state index contributed by atoms with van der Waals surface area (Å²) in [5.41, 5.74) is 1.91. The Labute approximate surface area is 139 Å². The maximum atomic E-state index is 12.0. The van der Waals surface area contributed by atoms with Crippen molar-refractivity contribution in [3.63, 3.8) is 0 Å². The molecule has 6 heteroatoms. The number of nitrogens with one attached hydrogen (secondary N) is 1. The van der Waals surface area contributed by atoms with Gasteiger partial charge in [-0.1, -0.05) is 30.3 Å². The fourth-order valence-corrected chi connectivity index (χ4v) is 2.02. The third-order valence-electron chi connectivity index (χ3n) is 3.18. The van der Waals surface area contributed by atoms with Gasteiger partial charge in [0.05, 0.1) is 12.6 Å². The highest BCUT2D eigenvalue weighted by atomic mass is 16.5. The number of carbonyl (C=O) groups excluding carboxylic acids is 1. The van der Waals surface area contributed by atoms with Crippen LogP contribution < -0.4 is 10.1 Å². The number of anilines is 1. The number of carbonyl (C=O) groups is 1. The van der Waals surface area contributed by atoms with Gasteiger partial charge >= 0.3 is 6.01 Å². The minimum atomic E-state index is -0.121. The van der Waals surface area contributed by atoms with Crippen molar-refractivity contribution in [3.05, 3.63) is 72.2 Å². The van der Waals surface area contributed by atoms with Crippen molar-refractivity contribution in [1.82, 2.24) is 15.0 Å². The van der Waals surface area contributed by atoms with Crippen molar-refractivity contribution in [1.29, 1.82) is 0 Å². The monoisotopic (exact) mass is 320 g/mol. The van der Waals surface area contributed by atoms with Crippen molar-refractivity contribution in [3.8, 4) is 11.8 Å². The van der Waals surface area contributed by atoms with E-state index < -0.39 is 0 Å². The SMILES string of the molecule is Cc1cnc(Oc2ccc(NC(=O)Cc3ccccc3)nc2)nc1. The lowest BCUT2D eigenvalue weighted by molar-refractivity contribution is -0.115. The lowest BCUT2D eigenvalue weighted by Gasteiger charge is -2.06. The molecule has 2 aromatic heterocycles. The van der Waals surface area contributed by atoms with Crippen LogP contribution >= 0.6 is 0 Å². The fourth-order valence-electron chi connectivity index (χ4n) is 2.02. The number of amides is 1. The van der Waals surface area contributed by atoms with E-state index in [4.69, 9.17) is 4.74 Å². The molecule has 3 rings (SSSR count). The van der Waals surface area contributed by atoms with Crippen LogP contribution in [0.15, 0.2) is 61.1 Å². The molecule has 3 aromatic rings. The Balaban J connectivity index is 1.58. The maximum Gasteiger partial charge on any atom is 0.321 e. The van der Waals surface area contributed by atoms with Gasteiger partial charge in [0.2, 0.25) is 5.91 Å². The second-order valence-electron chi connectivity index (χ2n) is 5.23. The standard InChI is InChI=1S/C18H16N4O2/c1-13-10-20-18(21-11-13)24-15-7-8-16(19-12-15)22-17(23)9-14-5-3-2-4-6-14/h2-8,10-12H,9H2,1H3,(H,19,22,23). The molecule has 0 bridgehead atoms. The zero-order chi connectivity index (χ0) is 16.8. The zero-order valence-corrected chi connectivity index (χ0v) is 13.1. The van der Waals surface area contributed by atoms with Gasteiger partial charge in [-0.3, -0.25) is 4.79 Å². The van der Waals surface area contributed by atoms with Gasteiger partial charge in [-0.2, -0.15) is 0 Å². The first-order valence-electron chi connectivity index (χ1n) is 7.45. The Morgan fingerprint density at radius 1 is 1.00 bits per heavy atom.